The van der Waals surface area contributed by atoms with Gasteiger partial charge in [0.25, 0.3) is 0 Å². The molecule has 0 amide bonds. The number of rotatable bonds is 2. The molecule has 0 aliphatic carbocycles. The topological polar surface area (TPSA) is 67.5 Å². The maximum atomic E-state index is 13.4. The molecule has 1 heterocycles. The van der Waals surface area contributed by atoms with Crippen LogP contribution in [0.2, 0.25) is 5.02 Å². The van der Waals surface area contributed by atoms with Gasteiger partial charge in [-0.25, -0.2) is 9.18 Å². The number of halogens is 2. The van der Waals surface area contributed by atoms with E-state index in [4.69, 9.17) is 16.0 Å². The minimum Gasteiger partial charge on any atom is -0.477 e. The molecule has 0 fully saturated rings. The van der Waals surface area contributed by atoms with Crippen molar-refractivity contribution in [3.8, 4) is 11.3 Å². The minimum atomic E-state index is -1.45. The van der Waals surface area contributed by atoms with E-state index in [-0.39, 0.29) is 27.3 Å². The van der Waals surface area contributed by atoms with E-state index in [2.05, 4.69) is 0 Å². The van der Waals surface area contributed by atoms with Gasteiger partial charge >= 0.3 is 5.97 Å². The van der Waals surface area contributed by atoms with E-state index < -0.39 is 22.8 Å². The average Bonchev–Trinajstić information content (AvgIpc) is 2.47. The third-order valence-electron chi connectivity index (χ3n) is 3.15. The molecular formula is C16H8ClFO4. The molecule has 1 aromatic heterocycles. The maximum absolute atomic E-state index is 13.4. The second kappa shape index (κ2) is 5.27. The Morgan fingerprint density at radius 2 is 1.95 bits per heavy atom. The molecule has 0 bridgehead atoms. The van der Waals surface area contributed by atoms with Gasteiger partial charge in [-0.1, -0.05) is 23.7 Å². The van der Waals surface area contributed by atoms with Gasteiger partial charge in [-0.2, -0.15) is 0 Å². The summed E-state index contributed by atoms with van der Waals surface area (Å²) in [6, 6.07) is 9.51. The van der Waals surface area contributed by atoms with Crippen LogP contribution >= 0.6 is 11.6 Å². The lowest BCUT2D eigenvalue weighted by Gasteiger charge is -2.07. The Morgan fingerprint density at radius 1 is 1.18 bits per heavy atom. The number of fused-ring (bicyclic) bond motifs is 1. The summed E-state index contributed by atoms with van der Waals surface area (Å²) in [6.45, 7) is 0. The number of aromatic carboxylic acids is 1. The fraction of sp³-hybridized carbons (Fsp3) is 0. The van der Waals surface area contributed by atoms with Crippen LogP contribution in [0, 0.1) is 5.82 Å². The van der Waals surface area contributed by atoms with Gasteiger partial charge in [0.2, 0.25) is 5.43 Å². The molecule has 0 spiro atoms. The highest BCUT2D eigenvalue weighted by Crippen LogP contribution is 2.27. The number of carboxylic acids is 1. The van der Waals surface area contributed by atoms with Crippen molar-refractivity contribution in [2.75, 3.05) is 0 Å². The summed E-state index contributed by atoms with van der Waals surface area (Å²) in [5, 5.41) is 9.67. The van der Waals surface area contributed by atoms with Crippen LogP contribution in [0.3, 0.4) is 0 Å². The molecule has 0 aliphatic rings. The van der Waals surface area contributed by atoms with Gasteiger partial charge in [0.15, 0.2) is 11.3 Å². The van der Waals surface area contributed by atoms with Crippen molar-refractivity contribution in [1.29, 1.82) is 0 Å². The van der Waals surface area contributed by atoms with Crippen LogP contribution in [-0.4, -0.2) is 11.1 Å². The van der Waals surface area contributed by atoms with Gasteiger partial charge in [0.05, 0.1) is 5.39 Å². The SMILES string of the molecule is O=C(O)c1c(-c2cccc(F)c2)oc2ccc(Cl)cc2c1=O. The van der Waals surface area contributed by atoms with Gasteiger partial charge in [-0.05, 0) is 30.3 Å². The van der Waals surface area contributed by atoms with Crippen molar-refractivity contribution in [2.24, 2.45) is 0 Å². The van der Waals surface area contributed by atoms with Crippen molar-refractivity contribution >= 4 is 28.5 Å². The summed E-state index contributed by atoms with van der Waals surface area (Å²) in [6.07, 6.45) is 0. The molecule has 0 saturated heterocycles. The van der Waals surface area contributed by atoms with E-state index in [0.717, 1.165) is 6.07 Å². The smallest absolute Gasteiger partial charge is 0.343 e. The Labute approximate surface area is 128 Å². The van der Waals surface area contributed by atoms with Gasteiger partial charge < -0.3 is 9.52 Å². The average molecular weight is 319 g/mol. The molecule has 1 N–H and O–H groups in total. The van der Waals surface area contributed by atoms with Crippen LogP contribution < -0.4 is 5.43 Å². The summed E-state index contributed by atoms with van der Waals surface area (Å²) in [7, 11) is 0. The first-order valence-electron chi connectivity index (χ1n) is 6.23. The fourth-order valence-electron chi connectivity index (χ4n) is 2.19. The van der Waals surface area contributed by atoms with Crippen LogP contribution in [0.4, 0.5) is 4.39 Å². The molecule has 0 saturated carbocycles. The van der Waals surface area contributed by atoms with Gasteiger partial charge in [-0.3, -0.25) is 4.79 Å². The highest BCUT2D eigenvalue weighted by Gasteiger charge is 2.22. The van der Waals surface area contributed by atoms with Crippen molar-refractivity contribution in [2.45, 2.75) is 0 Å². The zero-order valence-corrected chi connectivity index (χ0v) is 11.7. The van der Waals surface area contributed by atoms with E-state index >= 15 is 0 Å². The molecule has 4 nitrogen and oxygen atoms in total. The Morgan fingerprint density at radius 3 is 2.64 bits per heavy atom. The second-order valence-corrected chi connectivity index (χ2v) is 5.03. The van der Waals surface area contributed by atoms with Crippen molar-refractivity contribution in [3.05, 3.63) is 69.1 Å². The Kier molecular flexibility index (Phi) is 3.42. The van der Waals surface area contributed by atoms with Crippen molar-refractivity contribution in [1.82, 2.24) is 0 Å². The second-order valence-electron chi connectivity index (χ2n) is 4.59. The van der Waals surface area contributed by atoms with E-state index in [9.17, 15) is 19.1 Å². The highest BCUT2D eigenvalue weighted by molar-refractivity contribution is 6.31. The van der Waals surface area contributed by atoms with E-state index in [1.165, 1.54) is 36.4 Å². The van der Waals surface area contributed by atoms with Gasteiger partial charge in [-0.15, -0.1) is 0 Å². The number of carboxylic acid groups (broad SMARTS) is 1. The predicted molar refractivity (Wildman–Crippen MR) is 79.8 cm³/mol. The third kappa shape index (κ3) is 2.35. The number of benzene rings is 2. The summed E-state index contributed by atoms with van der Waals surface area (Å²) < 4.78 is 18.9. The van der Waals surface area contributed by atoms with E-state index in [1.807, 2.05) is 0 Å². The van der Waals surface area contributed by atoms with E-state index in [1.54, 1.807) is 0 Å². The van der Waals surface area contributed by atoms with Crippen LogP contribution in [-0.2, 0) is 0 Å². The lowest BCUT2D eigenvalue weighted by molar-refractivity contribution is 0.0694. The molecule has 0 atom stereocenters. The molecule has 3 aromatic rings. The number of hydrogen-bond acceptors (Lipinski definition) is 3. The molecule has 3 rings (SSSR count). The summed E-state index contributed by atoms with van der Waals surface area (Å²) in [5.41, 5.74) is -0.930. The molecular weight excluding hydrogens is 311 g/mol. The third-order valence-corrected chi connectivity index (χ3v) is 3.39. The number of hydrogen-bond donors (Lipinski definition) is 1. The lowest BCUT2D eigenvalue weighted by Crippen LogP contribution is -2.16. The summed E-state index contributed by atoms with van der Waals surface area (Å²) >= 11 is 5.82. The Bertz CT molecular complexity index is 962. The first-order valence-corrected chi connectivity index (χ1v) is 6.61. The predicted octanol–water partition coefficient (Wildman–Crippen LogP) is 3.95. The summed E-state index contributed by atoms with van der Waals surface area (Å²) in [4.78, 5) is 23.9. The van der Waals surface area contributed by atoms with Crippen LogP contribution in [0.5, 0.6) is 0 Å². The zero-order chi connectivity index (χ0) is 15.9. The highest BCUT2D eigenvalue weighted by atomic mass is 35.5. The van der Waals surface area contributed by atoms with Crippen molar-refractivity contribution < 1.29 is 18.7 Å². The molecule has 22 heavy (non-hydrogen) atoms. The Balaban J connectivity index is 2.44. The molecule has 0 aliphatic heterocycles. The maximum Gasteiger partial charge on any atom is 0.343 e. The van der Waals surface area contributed by atoms with Crippen molar-refractivity contribution in [3.63, 3.8) is 0 Å². The largest absolute Gasteiger partial charge is 0.477 e. The van der Waals surface area contributed by atoms with E-state index in [0.29, 0.717) is 0 Å². The summed E-state index contributed by atoms with van der Waals surface area (Å²) in [5.74, 6) is -2.20. The zero-order valence-electron chi connectivity index (χ0n) is 11.0. The first kappa shape index (κ1) is 14.3. The van der Waals surface area contributed by atoms with Gasteiger partial charge in [0.1, 0.15) is 11.4 Å². The van der Waals surface area contributed by atoms with Gasteiger partial charge in [0, 0.05) is 10.6 Å². The molecule has 2 aromatic carbocycles. The molecule has 0 unspecified atom stereocenters. The quantitative estimate of drug-likeness (QED) is 0.777. The molecule has 0 radical (unpaired) electrons. The Hall–Kier alpha value is -2.66. The lowest BCUT2D eigenvalue weighted by atomic mass is 10.0. The number of carbonyl (C=O) groups is 1. The fourth-order valence-corrected chi connectivity index (χ4v) is 2.37. The first-order chi connectivity index (χ1) is 10.5. The minimum absolute atomic E-state index is 0.0602. The van der Waals surface area contributed by atoms with Crippen LogP contribution in [0.15, 0.2) is 51.7 Å². The van der Waals surface area contributed by atoms with Crippen LogP contribution in [0.1, 0.15) is 10.4 Å². The van der Waals surface area contributed by atoms with Crippen LogP contribution in [0.25, 0.3) is 22.3 Å². The molecule has 110 valence electrons. The molecule has 6 heteroatoms. The standard InChI is InChI=1S/C16H8ClFO4/c17-9-4-5-12-11(7-9)14(19)13(16(20)21)15(22-12)8-2-1-3-10(18)6-8/h1-7H,(H,20,21). The normalized spacial score (nSPS) is 10.8. The monoisotopic (exact) mass is 318 g/mol.